The Morgan fingerprint density at radius 1 is 1.36 bits per heavy atom. The maximum atomic E-state index is 12.4. The number of aliphatic hydroxyl groups is 1. The zero-order chi connectivity index (χ0) is 16.3. The molecular weight excluding hydrogens is 308 g/mol. The molecule has 128 valence electrons. The summed E-state index contributed by atoms with van der Waals surface area (Å²) in [6, 6.07) is -0.138. The van der Waals surface area contributed by atoms with E-state index in [0.29, 0.717) is 19.8 Å². The number of carbonyl (C=O) groups excluding carboxylic acids is 1. The molecule has 0 radical (unpaired) electrons. The van der Waals surface area contributed by atoms with Crippen molar-refractivity contribution in [2.24, 2.45) is 5.92 Å². The highest BCUT2D eigenvalue weighted by molar-refractivity contribution is 7.89. The van der Waals surface area contributed by atoms with Gasteiger partial charge in [-0.15, -0.1) is 0 Å². The maximum Gasteiger partial charge on any atom is 0.224 e. The molecule has 3 atom stereocenters. The van der Waals surface area contributed by atoms with Gasteiger partial charge in [0.1, 0.15) is 0 Å². The predicted octanol–water partition coefficient (Wildman–Crippen LogP) is -0.344. The second-order valence-electron chi connectivity index (χ2n) is 6.24. The Hall–Kier alpha value is -0.700. The van der Waals surface area contributed by atoms with Crippen molar-refractivity contribution in [1.29, 1.82) is 0 Å². The molecule has 22 heavy (non-hydrogen) atoms. The van der Waals surface area contributed by atoms with E-state index in [9.17, 15) is 18.3 Å². The fraction of sp³-hybridized carbons (Fsp3) is 0.929. The van der Waals surface area contributed by atoms with Gasteiger partial charge in [-0.05, 0) is 12.8 Å². The van der Waals surface area contributed by atoms with Gasteiger partial charge < -0.3 is 14.7 Å². The Kier molecular flexibility index (Phi) is 5.81. The lowest BCUT2D eigenvalue weighted by Gasteiger charge is -2.40. The molecule has 1 amide bonds. The molecule has 1 saturated heterocycles. The summed E-state index contributed by atoms with van der Waals surface area (Å²) < 4.78 is 30.2. The van der Waals surface area contributed by atoms with E-state index in [4.69, 9.17) is 4.74 Å². The molecule has 2 rings (SSSR count). The molecule has 1 aliphatic heterocycles. The molecule has 2 fully saturated rings. The predicted molar refractivity (Wildman–Crippen MR) is 81.8 cm³/mol. The molecule has 0 aromatic rings. The average molecular weight is 334 g/mol. The first-order valence-electron chi connectivity index (χ1n) is 7.78. The summed E-state index contributed by atoms with van der Waals surface area (Å²) in [6.45, 7) is 1.36. The van der Waals surface area contributed by atoms with Gasteiger partial charge >= 0.3 is 0 Å². The minimum Gasteiger partial charge on any atom is -0.393 e. The van der Waals surface area contributed by atoms with E-state index in [1.54, 1.807) is 4.90 Å². The lowest BCUT2D eigenvalue weighted by molar-refractivity contribution is -0.143. The molecular formula is C14H26N2O5S. The number of sulfonamides is 1. The van der Waals surface area contributed by atoms with Crippen LogP contribution >= 0.6 is 0 Å². The molecule has 3 unspecified atom stereocenters. The van der Waals surface area contributed by atoms with Crippen molar-refractivity contribution in [1.82, 2.24) is 9.21 Å². The minimum atomic E-state index is -3.37. The van der Waals surface area contributed by atoms with Gasteiger partial charge in [-0.1, -0.05) is 6.42 Å². The number of amides is 1. The Morgan fingerprint density at radius 2 is 2.09 bits per heavy atom. The molecule has 0 aromatic carbocycles. The molecule has 1 saturated carbocycles. The first kappa shape index (κ1) is 17.7. The fourth-order valence-electron chi connectivity index (χ4n) is 3.25. The summed E-state index contributed by atoms with van der Waals surface area (Å²) in [4.78, 5) is 14.2. The molecule has 8 heteroatoms. The topological polar surface area (TPSA) is 87.2 Å². The van der Waals surface area contributed by atoms with Crippen molar-refractivity contribution in [2.45, 2.75) is 37.8 Å². The van der Waals surface area contributed by atoms with E-state index < -0.39 is 16.1 Å². The van der Waals surface area contributed by atoms with Crippen molar-refractivity contribution in [3.8, 4) is 0 Å². The van der Waals surface area contributed by atoms with E-state index in [-0.39, 0.29) is 30.0 Å². The Labute approximate surface area is 132 Å². The van der Waals surface area contributed by atoms with Gasteiger partial charge in [0.05, 0.1) is 31.1 Å². The van der Waals surface area contributed by atoms with Crippen LogP contribution in [0.5, 0.6) is 0 Å². The summed E-state index contributed by atoms with van der Waals surface area (Å²) in [5.41, 5.74) is 0. The first-order chi connectivity index (χ1) is 10.3. The van der Waals surface area contributed by atoms with Crippen LogP contribution in [0.15, 0.2) is 0 Å². The molecule has 0 spiro atoms. The van der Waals surface area contributed by atoms with Crippen LogP contribution in [-0.2, 0) is 19.6 Å². The standard InChI is InChI=1S/C14H26N2O5S/c1-15(2)22(19,20)9-6-14(18)16-7-8-21-10-12(16)11-4-3-5-13(11)17/h11-13,17H,3-10H2,1-2H3. The van der Waals surface area contributed by atoms with Crippen LogP contribution < -0.4 is 0 Å². The Bertz CT molecular complexity index is 493. The van der Waals surface area contributed by atoms with E-state index in [1.165, 1.54) is 14.1 Å². The highest BCUT2D eigenvalue weighted by Crippen LogP contribution is 2.32. The van der Waals surface area contributed by atoms with Crippen LogP contribution in [0.3, 0.4) is 0 Å². The Morgan fingerprint density at radius 3 is 2.68 bits per heavy atom. The third-order valence-electron chi connectivity index (χ3n) is 4.64. The van der Waals surface area contributed by atoms with Crippen molar-refractivity contribution in [3.05, 3.63) is 0 Å². The Balaban J connectivity index is 1.99. The lowest BCUT2D eigenvalue weighted by atomic mass is 9.94. The summed E-state index contributed by atoms with van der Waals surface area (Å²) in [5.74, 6) is -0.316. The van der Waals surface area contributed by atoms with E-state index in [0.717, 1.165) is 23.6 Å². The molecule has 7 nitrogen and oxygen atoms in total. The van der Waals surface area contributed by atoms with Crippen LogP contribution in [0.25, 0.3) is 0 Å². The van der Waals surface area contributed by atoms with E-state index in [1.807, 2.05) is 0 Å². The largest absolute Gasteiger partial charge is 0.393 e. The number of morpholine rings is 1. The number of hydrogen-bond acceptors (Lipinski definition) is 5. The first-order valence-corrected chi connectivity index (χ1v) is 9.39. The van der Waals surface area contributed by atoms with Crippen LogP contribution in [0.1, 0.15) is 25.7 Å². The number of rotatable bonds is 5. The molecule has 2 aliphatic rings. The number of aliphatic hydroxyl groups excluding tert-OH is 1. The molecule has 1 N–H and O–H groups in total. The summed E-state index contributed by atoms with van der Waals surface area (Å²) in [5, 5.41) is 10.1. The zero-order valence-corrected chi connectivity index (χ0v) is 14.1. The van der Waals surface area contributed by atoms with Crippen molar-refractivity contribution >= 4 is 15.9 Å². The quantitative estimate of drug-likeness (QED) is 0.743. The normalized spacial score (nSPS) is 30.0. The number of ether oxygens (including phenoxy) is 1. The molecule has 0 bridgehead atoms. The van der Waals surface area contributed by atoms with Crippen LogP contribution in [0, 0.1) is 5.92 Å². The van der Waals surface area contributed by atoms with Crippen LogP contribution in [-0.4, -0.2) is 80.4 Å². The lowest BCUT2D eigenvalue weighted by Crippen LogP contribution is -2.53. The highest BCUT2D eigenvalue weighted by Gasteiger charge is 2.39. The van der Waals surface area contributed by atoms with Gasteiger partial charge in [0.2, 0.25) is 15.9 Å². The van der Waals surface area contributed by atoms with Crippen LogP contribution in [0.4, 0.5) is 0 Å². The van der Waals surface area contributed by atoms with Gasteiger partial charge in [0.15, 0.2) is 0 Å². The van der Waals surface area contributed by atoms with Crippen molar-refractivity contribution < 1.29 is 23.1 Å². The second-order valence-corrected chi connectivity index (χ2v) is 8.54. The second kappa shape index (κ2) is 7.25. The smallest absolute Gasteiger partial charge is 0.224 e. The molecule has 1 heterocycles. The van der Waals surface area contributed by atoms with Crippen molar-refractivity contribution in [3.63, 3.8) is 0 Å². The maximum absolute atomic E-state index is 12.4. The average Bonchev–Trinajstić information content (AvgIpc) is 2.90. The van der Waals surface area contributed by atoms with Gasteiger partial charge in [0.25, 0.3) is 0 Å². The van der Waals surface area contributed by atoms with Gasteiger partial charge in [-0.3, -0.25) is 4.79 Å². The summed E-state index contributed by atoms with van der Waals surface area (Å²) in [7, 11) is -0.445. The third kappa shape index (κ3) is 3.98. The monoisotopic (exact) mass is 334 g/mol. The number of nitrogens with zero attached hydrogens (tertiary/aromatic N) is 2. The van der Waals surface area contributed by atoms with E-state index >= 15 is 0 Å². The zero-order valence-electron chi connectivity index (χ0n) is 13.3. The van der Waals surface area contributed by atoms with Crippen LogP contribution in [0.2, 0.25) is 0 Å². The van der Waals surface area contributed by atoms with Gasteiger partial charge in [0, 0.05) is 33.0 Å². The van der Waals surface area contributed by atoms with Crippen molar-refractivity contribution in [2.75, 3.05) is 39.6 Å². The third-order valence-corrected chi connectivity index (χ3v) is 6.47. The van der Waals surface area contributed by atoms with E-state index in [2.05, 4.69) is 0 Å². The fourth-order valence-corrected chi connectivity index (χ4v) is 4.05. The number of hydrogen-bond donors (Lipinski definition) is 1. The van der Waals surface area contributed by atoms with Gasteiger partial charge in [-0.2, -0.15) is 0 Å². The van der Waals surface area contributed by atoms with Gasteiger partial charge in [-0.25, -0.2) is 12.7 Å². The summed E-state index contributed by atoms with van der Waals surface area (Å²) in [6.07, 6.45) is 2.18. The summed E-state index contributed by atoms with van der Waals surface area (Å²) >= 11 is 0. The highest BCUT2D eigenvalue weighted by atomic mass is 32.2. The molecule has 0 aromatic heterocycles. The molecule has 1 aliphatic carbocycles. The minimum absolute atomic E-state index is 0.0279. The SMILES string of the molecule is CN(C)S(=O)(=O)CCC(=O)N1CCOCC1C1CCCC1O. The number of carbonyl (C=O) groups is 1.